The summed E-state index contributed by atoms with van der Waals surface area (Å²) >= 11 is 0. The van der Waals surface area contributed by atoms with E-state index in [9.17, 15) is 4.79 Å². The molecule has 1 heterocycles. The van der Waals surface area contributed by atoms with Gasteiger partial charge >= 0.3 is 0 Å². The molecule has 2 aliphatic rings. The van der Waals surface area contributed by atoms with Crippen LogP contribution >= 0.6 is 0 Å². The van der Waals surface area contributed by atoms with Gasteiger partial charge in [-0.05, 0) is 38.5 Å². The van der Waals surface area contributed by atoms with Gasteiger partial charge in [0.15, 0.2) is 0 Å². The Morgan fingerprint density at radius 1 is 1.50 bits per heavy atom. The Morgan fingerprint density at radius 2 is 2.21 bits per heavy atom. The van der Waals surface area contributed by atoms with Crippen molar-refractivity contribution in [1.82, 2.24) is 4.90 Å². The molecule has 1 saturated carbocycles. The Labute approximate surface area is 85.6 Å². The first-order valence-corrected chi connectivity index (χ1v) is 5.77. The molecule has 1 amide bonds. The van der Waals surface area contributed by atoms with E-state index in [1.165, 1.54) is 12.8 Å². The molecule has 3 heteroatoms. The quantitative estimate of drug-likeness (QED) is 0.723. The Balaban J connectivity index is 2.03. The average Bonchev–Trinajstić information content (AvgIpc) is 2.97. The number of piperidine rings is 1. The van der Waals surface area contributed by atoms with Gasteiger partial charge in [-0.1, -0.05) is 6.92 Å². The molecule has 0 spiro atoms. The Morgan fingerprint density at radius 3 is 2.79 bits per heavy atom. The van der Waals surface area contributed by atoms with Crippen molar-refractivity contribution >= 4 is 5.91 Å². The Kier molecular flexibility index (Phi) is 2.52. The van der Waals surface area contributed by atoms with Crippen molar-refractivity contribution in [3.63, 3.8) is 0 Å². The lowest BCUT2D eigenvalue weighted by Crippen LogP contribution is -2.51. The number of carbonyl (C=O) groups excluding carboxylic acids is 1. The third-order valence-electron chi connectivity index (χ3n) is 3.57. The molecule has 80 valence electrons. The SMILES string of the molecule is CCC1CCCCN1C(=O)C1(N)CC1. The van der Waals surface area contributed by atoms with E-state index in [-0.39, 0.29) is 5.91 Å². The summed E-state index contributed by atoms with van der Waals surface area (Å²) in [5.41, 5.74) is 5.48. The van der Waals surface area contributed by atoms with Gasteiger partial charge in [0, 0.05) is 12.6 Å². The van der Waals surface area contributed by atoms with Crippen LogP contribution in [0.25, 0.3) is 0 Å². The minimum absolute atomic E-state index is 0.212. The number of hydrogen-bond donors (Lipinski definition) is 1. The van der Waals surface area contributed by atoms with E-state index in [1.54, 1.807) is 0 Å². The molecule has 2 N–H and O–H groups in total. The summed E-state index contributed by atoms with van der Waals surface area (Å²) in [6.45, 7) is 3.09. The summed E-state index contributed by atoms with van der Waals surface area (Å²) < 4.78 is 0. The standard InChI is InChI=1S/C11H20N2O/c1-2-9-5-3-4-8-13(9)10(14)11(12)6-7-11/h9H,2-8,12H2,1H3. The third-order valence-corrected chi connectivity index (χ3v) is 3.57. The molecule has 0 radical (unpaired) electrons. The number of nitrogens with zero attached hydrogens (tertiary/aromatic N) is 1. The molecule has 0 aromatic carbocycles. The molecule has 1 aliphatic carbocycles. The van der Waals surface area contributed by atoms with Crippen LogP contribution in [-0.4, -0.2) is 28.9 Å². The summed E-state index contributed by atoms with van der Waals surface area (Å²) in [4.78, 5) is 14.1. The predicted octanol–water partition coefficient (Wildman–Crippen LogP) is 1.27. The zero-order valence-corrected chi connectivity index (χ0v) is 8.96. The van der Waals surface area contributed by atoms with Crippen molar-refractivity contribution in [2.75, 3.05) is 6.54 Å². The molecule has 1 saturated heterocycles. The van der Waals surface area contributed by atoms with E-state index in [4.69, 9.17) is 5.73 Å². The summed E-state index contributed by atoms with van der Waals surface area (Å²) in [6, 6.07) is 0.456. The van der Waals surface area contributed by atoms with Gasteiger partial charge in [-0.25, -0.2) is 0 Å². The minimum atomic E-state index is -0.468. The lowest BCUT2D eigenvalue weighted by Gasteiger charge is -2.36. The highest BCUT2D eigenvalue weighted by atomic mass is 16.2. The minimum Gasteiger partial charge on any atom is -0.338 e. The summed E-state index contributed by atoms with van der Waals surface area (Å²) in [5.74, 6) is 0.212. The van der Waals surface area contributed by atoms with Gasteiger partial charge in [-0.3, -0.25) is 4.79 Å². The van der Waals surface area contributed by atoms with Crippen molar-refractivity contribution in [3.05, 3.63) is 0 Å². The summed E-state index contributed by atoms with van der Waals surface area (Å²) in [7, 11) is 0. The molecule has 1 aliphatic heterocycles. The second-order valence-electron chi connectivity index (χ2n) is 4.71. The van der Waals surface area contributed by atoms with E-state index in [1.807, 2.05) is 4.90 Å². The number of nitrogens with two attached hydrogens (primary N) is 1. The first-order chi connectivity index (χ1) is 6.67. The van der Waals surface area contributed by atoms with Gasteiger partial charge in [0.25, 0.3) is 0 Å². The highest BCUT2D eigenvalue weighted by Crippen LogP contribution is 2.36. The van der Waals surface area contributed by atoms with E-state index in [0.29, 0.717) is 6.04 Å². The lowest BCUT2D eigenvalue weighted by atomic mass is 9.99. The number of amides is 1. The predicted molar refractivity (Wildman–Crippen MR) is 55.8 cm³/mol. The van der Waals surface area contributed by atoms with Gasteiger partial charge in [0.05, 0.1) is 5.54 Å². The topological polar surface area (TPSA) is 46.3 Å². The molecular weight excluding hydrogens is 176 g/mol. The molecular formula is C11H20N2O. The first-order valence-electron chi connectivity index (χ1n) is 5.77. The van der Waals surface area contributed by atoms with Gasteiger partial charge in [0.1, 0.15) is 0 Å². The summed E-state index contributed by atoms with van der Waals surface area (Å²) in [6.07, 6.45) is 6.43. The van der Waals surface area contributed by atoms with E-state index in [0.717, 1.165) is 32.2 Å². The van der Waals surface area contributed by atoms with Crippen LogP contribution in [0.2, 0.25) is 0 Å². The second kappa shape index (κ2) is 3.54. The zero-order valence-electron chi connectivity index (χ0n) is 8.96. The van der Waals surface area contributed by atoms with Gasteiger partial charge in [0.2, 0.25) is 5.91 Å². The van der Waals surface area contributed by atoms with Crippen LogP contribution in [0.1, 0.15) is 45.4 Å². The number of carbonyl (C=O) groups is 1. The Hall–Kier alpha value is -0.570. The monoisotopic (exact) mass is 196 g/mol. The highest BCUT2D eigenvalue weighted by molar-refractivity contribution is 5.89. The van der Waals surface area contributed by atoms with Crippen LogP contribution in [-0.2, 0) is 4.79 Å². The Bertz CT molecular complexity index is 235. The number of rotatable bonds is 2. The van der Waals surface area contributed by atoms with Crippen molar-refractivity contribution < 1.29 is 4.79 Å². The first kappa shape index (κ1) is 9.97. The van der Waals surface area contributed by atoms with Crippen molar-refractivity contribution in [1.29, 1.82) is 0 Å². The maximum Gasteiger partial charge on any atom is 0.242 e. The fraction of sp³-hybridized carbons (Fsp3) is 0.909. The zero-order chi connectivity index (χ0) is 10.2. The fourth-order valence-corrected chi connectivity index (χ4v) is 2.33. The maximum atomic E-state index is 12.1. The molecule has 0 aromatic rings. The largest absolute Gasteiger partial charge is 0.338 e. The number of hydrogen-bond acceptors (Lipinski definition) is 2. The van der Waals surface area contributed by atoms with Crippen molar-refractivity contribution in [2.24, 2.45) is 5.73 Å². The maximum absolute atomic E-state index is 12.1. The normalized spacial score (nSPS) is 30.1. The summed E-state index contributed by atoms with van der Waals surface area (Å²) in [5, 5.41) is 0. The molecule has 14 heavy (non-hydrogen) atoms. The van der Waals surface area contributed by atoms with Crippen LogP contribution < -0.4 is 5.73 Å². The highest BCUT2D eigenvalue weighted by Gasteiger charge is 2.49. The van der Waals surface area contributed by atoms with Crippen LogP contribution in [0.15, 0.2) is 0 Å². The van der Waals surface area contributed by atoms with E-state index >= 15 is 0 Å². The van der Waals surface area contributed by atoms with Gasteiger partial charge in [-0.2, -0.15) is 0 Å². The fourth-order valence-electron chi connectivity index (χ4n) is 2.33. The van der Waals surface area contributed by atoms with Crippen LogP contribution in [0.3, 0.4) is 0 Å². The average molecular weight is 196 g/mol. The van der Waals surface area contributed by atoms with Gasteiger partial charge < -0.3 is 10.6 Å². The molecule has 2 fully saturated rings. The van der Waals surface area contributed by atoms with Crippen molar-refractivity contribution in [3.8, 4) is 0 Å². The van der Waals surface area contributed by atoms with Crippen LogP contribution in [0.4, 0.5) is 0 Å². The molecule has 2 rings (SSSR count). The lowest BCUT2D eigenvalue weighted by molar-refractivity contribution is -0.137. The second-order valence-corrected chi connectivity index (χ2v) is 4.71. The van der Waals surface area contributed by atoms with Crippen LogP contribution in [0, 0.1) is 0 Å². The van der Waals surface area contributed by atoms with E-state index in [2.05, 4.69) is 6.92 Å². The number of likely N-dealkylation sites (tertiary alicyclic amines) is 1. The smallest absolute Gasteiger partial charge is 0.242 e. The molecule has 0 bridgehead atoms. The molecule has 1 atom stereocenters. The van der Waals surface area contributed by atoms with Crippen LogP contribution in [0.5, 0.6) is 0 Å². The van der Waals surface area contributed by atoms with E-state index < -0.39 is 5.54 Å². The molecule has 0 aromatic heterocycles. The van der Waals surface area contributed by atoms with Gasteiger partial charge in [-0.15, -0.1) is 0 Å². The van der Waals surface area contributed by atoms with Crippen molar-refractivity contribution in [2.45, 2.75) is 57.0 Å². The molecule has 1 unspecified atom stereocenters. The molecule has 3 nitrogen and oxygen atoms in total. The third kappa shape index (κ3) is 1.65.